The molecule has 182 valence electrons. The SMILES string of the molecule is NC(=O)c1c(-c2ccc(Oc3ccccc3)cc2)nn2c1NCCC2C1CN(C(=O)n2cncn2)C1. The van der Waals surface area contributed by atoms with Crippen molar-refractivity contribution in [2.24, 2.45) is 11.7 Å². The van der Waals surface area contributed by atoms with Crippen molar-refractivity contribution >= 4 is 17.8 Å². The number of hydrogen-bond acceptors (Lipinski definition) is 7. The second kappa shape index (κ2) is 8.84. The van der Waals surface area contributed by atoms with E-state index in [-0.39, 0.29) is 18.0 Å². The lowest BCUT2D eigenvalue weighted by atomic mass is 9.89. The van der Waals surface area contributed by atoms with E-state index < -0.39 is 5.91 Å². The lowest BCUT2D eigenvalue weighted by molar-refractivity contribution is 0.0782. The molecule has 1 unspecified atom stereocenters. The molecule has 36 heavy (non-hydrogen) atoms. The van der Waals surface area contributed by atoms with Crippen LogP contribution in [0, 0.1) is 5.92 Å². The van der Waals surface area contributed by atoms with Gasteiger partial charge in [-0.05, 0) is 42.8 Å². The van der Waals surface area contributed by atoms with E-state index >= 15 is 0 Å². The van der Waals surface area contributed by atoms with Crippen LogP contribution in [0.3, 0.4) is 0 Å². The third kappa shape index (κ3) is 3.84. The highest BCUT2D eigenvalue weighted by atomic mass is 16.5. The molecule has 11 heteroatoms. The highest BCUT2D eigenvalue weighted by Gasteiger charge is 2.41. The number of aromatic nitrogens is 5. The molecule has 2 aliphatic rings. The number of anilines is 1. The number of nitrogens with two attached hydrogens (primary N) is 1. The molecule has 11 nitrogen and oxygen atoms in total. The van der Waals surface area contributed by atoms with Crippen molar-refractivity contribution in [1.82, 2.24) is 29.4 Å². The molecule has 1 fully saturated rings. The van der Waals surface area contributed by atoms with Gasteiger partial charge in [0.1, 0.15) is 41.2 Å². The summed E-state index contributed by atoms with van der Waals surface area (Å²) in [5.41, 5.74) is 7.47. The number of carbonyl (C=O) groups is 2. The first-order valence-corrected chi connectivity index (χ1v) is 11.7. The van der Waals surface area contributed by atoms with Crippen molar-refractivity contribution in [1.29, 1.82) is 0 Å². The minimum Gasteiger partial charge on any atom is -0.457 e. The Hall–Kier alpha value is -4.67. The Balaban J connectivity index is 1.25. The highest BCUT2D eigenvalue weighted by molar-refractivity contribution is 6.03. The van der Waals surface area contributed by atoms with Gasteiger partial charge >= 0.3 is 6.03 Å². The fourth-order valence-electron chi connectivity index (χ4n) is 4.84. The summed E-state index contributed by atoms with van der Waals surface area (Å²) in [5, 5.41) is 12.1. The number of para-hydroxylation sites is 1. The number of benzene rings is 2. The van der Waals surface area contributed by atoms with Gasteiger partial charge in [0.05, 0.1) is 6.04 Å². The predicted octanol–water partition coefficient (Wildman–Crippen LogP) is 2.99. The van der Waals surface area contributed by atoms with E-state index in [0.29, 0.717) is 42.5 Å². The second-order valence-corrected chi connectivity index (χ2v) is 8.89. The van der Waals surface area contributed by atoms with E-state index in [1.807, 2.05) is 59.3 Å². The summed E-state index contributed by atoms with van der Waals surface area (Å²) in [4.78, 5) is 30.6. The minimum absolute atomic E-state index is 0.0357. The minimum atomic E-state index is -0.541. The molecule has 4 heterocycles. The molecule has 0 spiro atoms. The molecule has 0 radical (unpaired) electrons. The number of primary amides is 1. The molecule has 6 rings (SSSR count). The average Bonchev–Trinajstić information content (AvgIpc) is 3.53. The van der Waals surface area contributed by atoms with Crippen LogP contribution in [-0.2, 0) is 0 Å². The van der Waals surface area contributed by atoms with Crippen LogP contribution in [0.4, 0.5) is 10.6 Å². The topological polar surface area (TPSA) is 133 Å². The zero-order valence-corrected chi connectivity index (χ0v) is 19.3. The Morgan fingerprint density at radius 2 is 1.78 bits per heavy atom. The van der Waals surface area contributed by atoms with Crippen molar-refractivity contribution in [3.05, 3.63) is 72.8 Å². The first kappa shape index (κ1) is 21.8. The van der Waals surface area contributed by atoms with E-state index in [0.717, 1.165) is 17.7 Å². The van der Waals surface area contributed by atoms with Gasteiger partial charge in [0.2, 0.25) is 0 Å². The van der Waals surface area contributed by atoms with E-state index in [2.05, 4.69) is 15.4 Å². The molecule has 0 bridgehead atoms. The number of nitrogens with zero attached hydrogens (tertiary/aromatic N) is 6. The smallest absolute Gasteiger partial charge is 0.346 e. The van der Waals surface area contributed by atoms with Gasteiger partial charge in [-0.2, -0.15) is 14.9 Å². The first-order valence-electron chi connectivity index (χ1n) is 11.7. The molecular formula is C25H24N8O3. The largest absolute Gasteiger partial charge is 0.457 e. The third-order valence-electron chi connectivity index (χ3n) is 6.65. The lowest BCUT2D eigenvalue weighted by Crippen LogP contribution is -2.55. The van der Waals surface area contributed by atoms with Crippen LogP contribution in [0.2, 0.25) is 0 Å². The Labute approximate surface area is 206 Å². The molecule has 2 aromatic heterocycles. The van der Waals surface area contributed by atoms with E-state index in [1.165, 1.54) is 17.3 Å². The van der Waals surface area contributed by atoms with Gasteiger partial charge in [0.15, 0.2) is 0 Å². The van der Waals surface area contributed by atoms with E-state index in [9.17, 15) is 9.59 Å². The summed E-state index contributed by atoms with van der Waals surface area (Å²) >= 11 is 0. The number of ether oxygens (including phenoxy) is 1. The fraction of sp³-hybridized carbons (Fsp3) is 0.240. The van der Waals surface area contributed by atoms with Crippen molar-refractivity contribution in [3.63, 3.8) is 0 Å². The summed E-state index contributed by atoms with van der Waals surface area (Å²) in [5.74, 6) is 1.70. The van der Waals surface area contributed by atoms with E-state index in [4.69, 9.17) is 15.6 Å². The molecule has 1 saturated heterocycles. The number of likely N-dealkylation sites (tertiary alicyclic amines) is 1. The Kier molecular flexibility index (Phi) is 5.36. The lowest BCUT2D eigenvalue weighted by Gasteiger charge is -2.44. The molecule has 0 saturated carbocycles. The third-order valence-corrected chi connectivity index (χ3v) is 6.65. The van der Waals surface area contributed by atoms with Crippen molar-refractivity contribution in [2.45, 2.75) is 12.5 Å². The number of carbonyl (C=O) groups excluding carboxylic acids is 2. The number of rotatable bonds is 5. The molecule has 0 aliphatic carbocycles. The van der Waals surface area contributed by atoms with Crippen LogP contribution in [0.15, 0.2) is 67.3 Å². The Morgan fingerprint density at radius 1 is 1.03 bits per heavy atom. The van der Waals surface area contributed by atoms with Crippen LogP contribution >= 0.6 is 0 Å². The van der Waals surface area contributed by atoms with Gasteiger partial charge < -0.3 is 20.7 Å². The standard InChI is InChI=1S/C25H24N8O3/c26-23(34)21-22(16-6-8-19(9-7-16)36-18-4-2-1-3-5-18)30-33-20(10-11-28-24(21)33)17-12-31(13-17)25(35)32-15-27-14-29-32/h1-9,14-15,17,20,28H,10-13H2,(H2,26,34). The zero-order chi connectivity index (χ0) is 24.6. The molecule has 1 atom stereocenters. The maximum atomic E-state index is 12.5. The first-order chi connectivity index (χ1) is 17.6. The van der Waals surface area contributed by atoms with Crippen LogP contribution in [0.5, 0.6) is 11.5 Å². The molecule has 2 aliphatic heterocycles. The fourth-order valence-corrected chi connectivity index (χ4v) is 4.84. The van der Waals surface area contributed by atoms with Gasteiger partial charge in [0, 0.05) is 31.1 Å². The van der Waals surface area contributed by atoms with Crippen molar-refractivity contribution in [3.8, 4) is 22.8 Å². The molecule has 2 aromatic carbocycles. The highest BCUT2D eigenvalue weighted by Crippen LogP contribution is 2.40. The van der Waals surface area contributed by atoms with Crippen LogP contribution in [0.1, 0.15) is 22.8 Å². The molecule has 3 N–H and O–H groups in total. The van der Waals surface area contributed by atoms with Gasteiger partial charge in [0.25, 0.3) is 5.91 Å². The number of nitrogens with one attached hydrogen (secondary N) is 1. The molecule has 4 aromatic rings. The maximum Gasteiger partial charge on any atom is 0.346 e. The summed E-state index contributed by atoms with van der Waals surface area (Å²) in [6, 6.07) is 16.8. The van der Waals surface area contributed by atoms with Gasteiger partial charge in [-0.25, -0.2) is 14.5 Å². The van der Waals surface area contributed by atoms with Crippen LogP contribution in [-0.4, -0.2) is 61.0 Å². The van der Waals surface area contributed by atoms with Crippen molar-refractivity contribution < 1.29 is 14.3 Å². The van der Waals surface area contributed by atoms with Gasteiger partial charge in [-0.1, -0.05) is 18.2 Å². The maximum absolute atomic E-state index is 12.5. The van der Waals surface area contributed by atoms with E-state index in [1.54, 1.807) is 4.90 Å². The summed E-state index contributed by atoms with van der Waals surface area (Å²) in [7, 11) is 0. The summed E-state index contributed by atoms with van der Waals surface area (Å²) in [6.45, 7) is 1.85. The number of amides is 2. The average molecular weight is 485 g/mol. The van der Waals surface area contributed by atoms with Crippen molar-refractivity contribution in [2.75, 3.05) is 25.0 Å². The normalized spacial score (nSPS) is 17.1. The zero-order valence-electron chi connectivity index (χ0n) is 19.3. The molecule has 2 amide bonds. The van der Waals surface area contributed by atoms with Gasteiger partial charge in [-0.15, -0.1) is 0 Å². The summed E-state index contributed by atoms with van der Waals surface area (Å²) in [6.07, 6.45) is 3.56. The Morgan fingerprint density at radius 3 is 2.47 bits per heavy atom. The monoisotopic (exact) mass is 484 g/mol. The van der Waals surface area contributed by atoms with Crippen LogP contribution in [0.25, 0.3) is 11.3 Å². The summed E-state index contributed by atoms with van der Waals surface area (Å²) < 4.78 is 8.98. The number of fused-ring (bicyclic) bond motifs is 1. The second-order valence-electron chi connectivity index (χ2n) is 8.89. The van der Waals surface area contributed by atoms with Gasteiger partial charge in [-0.3, -0.25) is 4.79 Å². The Bertz CT molecular complexity index is 1390. The number of hydrogen-bond donors (Lipinski definition) is 2. The van der Waals surface area contributed by atoms with Crippen LogP contribution < -0.4 is 15.8 Å². The predicted molar refractivity (Wildman–Crippen MR) is 131 cm³/mol. The quantitative estimate of drug-likeness (QED) is 0.445. The molecular weight excluding hydrogens is 460 g/mol.